The maximum atomic E-state index is 13.2. The van der Waals surface area contributed by atoms with Crippen LogP contribution in [-0.4, -0.2) is 22.2 Å². The molecule has 1 aromatic heterocycles. The number of nitrogen functional groups attached to an aromatic ring is 1. The molecule has 6 nitrogen and oxygen atoms in total. The summed E-state index contributed by atoms with van der Waals surface area (Å²) < 4.78 is 14.6. The Morgan fingerprint density at radius 2 is 1.90 bits per heavy atom. The lowest BCUT2D eigenvalue weighted by Crippen LogP contribution is -2.25. The summed E-state index contributed by atoms with van der Waals surface area (Å²) in [6.45, 7) is 0.462. The van der Waals surface area contributed by atoms with Crippen LogP contribution in [0.1, 0.15) is 52.0 Å². The van der Waals surface area contributed by atoms with Gasteiger partial charge in [0.15, 0.2) is 0 Å². The van der Waals surface area contributed by atoms with E-state index in [0.29, 0.717) is 41.9 Å². The number of nitriles is 1. The SMILES string of the molecule is N#Cc1c(CCCNC(=O)c2ccc3c(c2)CCCC3)nn(-c2ccc(F)cc2)c1N. The molecule has 1 amide bonds. The minimum Gasteiger partial charge on any atom is -0.382 e. The molecule has 3 aromatic rings. The van der Waals surface area contributed by atoms with Gasteiger partial charge in [-0.2, -0.15) is 10.4 Å². The number of nitrogens with zero attached hydrogens (tertiary/aromatic N) is 3. The fourth-order valence-corrected chi connectivity index (χ4v) is 3.99. The van der Waals surface area contributed by atoms with Crippen molar-refractivity contribution in [3.8, 4) is 11.8 Å². The third-order valence-corrected chi connectivity index (χ3v) is 5.66. The molecule has 2 aromatic carbocycles. The van der Waals surface area contributed by atoms with Crippen LogP contribution in [-0.2, 0) is 19.3 Å². The Balaban J connectivity index is 1.37. The topological polar surface area (TPSA) is 96.7 Å². The van der Waals surface area contributed by atoms with Gasteiger partial charge in [-0.15, -0.1) is 0 Å². The smallest absolute Gasteiger partial charge is 0.251 e. The summed E-state index contributed by atoms with van der Waals surface area (Å²) in [5.74, 6) is -0.225. The molecule has 158 valence electrons. The number of amides is 1. The van der Waals surface area contributed by atoms with Crippen LogP contribution >= 0.6 is 0 Å². The van der Waals surface area contributed by atoms with E-state index in [0.717, 1.165) is 12.8 Å². The van der Waals surface area contributed by atoms with E-state index < -0.39 is 0 Å². The van der Waals surface area contributed by atoms with Crippen LogP contribution in [0.25, 0.3) is 5.69 Å². The lowest BCUT2D eigenvalue weighted by molar-refractivity contribution is 0.0953. The van der Waals surface area contributed by atoms with Crippen molar-refractivity contribution in [2.75, 3.05) is 12.3 Å². The van der Waals surface area contributed by atoms with Crippen molar-refractivity contribution >= 4 is 11.7 Å². The number of carbonyl (C=O) groups is 1. The van der Waals surface area contributed by atoms with Gasteiger partial charge in [0.25, 0.3) is 5.91 Å². The van der Waals surface area contributed by atoms with Crippen molar-refractivity contribution in [2.45, 2.75) is 38.5 Å². The number of hydrogen-bond acceptors (Lipinski definition) is 4. The van der Waals surface area contributed by atoms with Crippen molar-refractivity contribution in [1.29, 1.82) is 5.26 Å². The van der Waals surface area contributed by atoms with Gasteiger partial charge in [0.05, 0.1) is 11.4 Å². The van der Waals surface area contributed by atoms with Gasteiger partial charge >= 0.3 is 0 Å². The van der Waals surface area contributed by atoms with E-state index in [9.17, 15) is 14.4 Å². The Morgan fingerprint density at radius 3 is 2.65 bits per heavy atom. The van der Waals surface area contributed by atoms with Crippen molar-refractivity contribution in [3.05, 3.63) is 76.2 Å². The molecule has 0 bridgehead atoms. The molecule has 3 N–H and O–H groups in total. The molecule has 1 aliphatic carbocycles. The van der Waals surface area contributed by atoms with Crippen LogP contribution in [0, 0.1) is 17.1 Å². The fraction of sp³-hybridized carbons (Fsp3) is 0.292. The van der Waals surface area contributed by atoms with Crippen molar-refractivity contribution in [2.24, 2.45) is 0 Å². The average molecular weight is 417 g/mol. The number of benzene rings is 2. The number of anilines is 1. The monoisotopic (exact) mass is 417 g/mol. The molecule has 0 spiro atoms. The minimum absolute atomic E-state index is 0.0924. The number of aromatic nitrogens is 2. The molecular weight excluding hydrogens is 393 g/mol. The average Bonchev–Trinajstić information content (AvgIpc) is 3.11. The maximum absolute atomic E-state index is 13.2. The highest BCUT2D eigenvalue weighted by molar-refractivity contribution is 5.94. The van der Waals surface area contributed by atoms with Crippen LogP contribution in [0.4, 0.5) is 10.2 Å². The Labute approximate surface area is 180 Å². The molecule has 0 unspecified atom stereocenters. The molecular formula is C24H24FN5O. The molecule has 7 heteroatoms. The number of aryl methyl sites for hydroxylation is 3. The van der Waals surface area contributed by atoms with E-state index in [1.54, 1.807) is 12.1 Å². The number of nitrogens with two attached hydrogens (primary N) is 1. The second-order valence-electron chi connectivity index (χ2n) is 7.76. The zero-order chi connectivity index (χ0) is 21.8. The van der Waals surface area contributed by atoms with Crippen LogP contribution in [0.5, 0.6) is 0 Å². The first-order valence-electron chi connectivity index (χ1n) is 10.5. The summed E-state index contributed by atoms with van der Waals surface area (Å²) in [5.41, 5.74) is 10.9. The van der Waals surface area contributed by atoms with E-state index in [4.69, 9.17) is 5.73 Å². The molecule has 0 saturated heterocycles. The van der Waals surface area contributed by atoms with E-state index in [-0.39, 0.29) is 17.5 Å². The Morgan fingerprint density at radius 1 is 1.16 bits per heavy atom. The van der Waals surface area contributed by atoms with Gasteiger partial charge in [-0.3, -0.25) is 4.79 Å². The van der Waals surface area contributed by atoms with Crippen LogP contribution in [0.15, 0.2) is 42.5 Å². The van der Waals surface area contributed by atoms with Crippen molar-refractivity contribution < 1.29 is 9.18 Å². The molecule has 0 radical (unpaired) electrons. The number of carbonyl (C=O) groups excluding carboxylic acids is 1. The molecule has 0 fully saturated rings. The van der Waals surface area contributed by atoms with Gasteiger partial charge in [-0.05, 0) is 86.1 Å². The predicted molar refractivity (Wildman–Crippen MR) is 116 cm³/mol. The summed E-state index contributed by atoms with van der Waals surface area (Å²) in [4.78, 5) is 12.5. The van der Waals surface area contributed by atoms with Crippen LogP contribution in [0.3, 0.4) is 0 Å². The summed E-state index contributed by atoms with van der Waals surface area (Å²) in [6.07, 6.45) is 5.62. The summed E-state index contributed by atoms with van der Waals surface area (Å²) in [7, 11) is 0. The molecule has 0 saturated carbocycles. The Bertz CT molecular complexity index is 1140. The summed E-state index contributed by atoms with van der Waals surface area (Å²) in [5, 5.41) is 16.9. The standard InChI is InChI=1S/C24H24FN5O/c25-19-9-11-20(12-10-19)30-23(27)21(15-26)22(29-30)6-3-13-28-24(31)18-8-7-16-4-1-2-5-17(16)14-18/h7-12,14H,1-6,13,27H2,(H,28,31). The van der Waals surface area contributed by atoms with Gasteiger partial charge in [0, 0.05) is 12.1 Å². The van der Waals surface area contributed by atoms with Crippen molar-refractivity contribution in [1.82, 2.24) is 15.1 Å². The molecule has 1 heterocycles. The lowest BCUT2D eigenvalue weighted by atomic mass is 9.90. The first kappa shape index (κ1) is 20.6. The molecule has 0 atom stereocenters. The molecule has 0 aliphatic heterocycles. The predicted octanol–water partition coefficient (Wildman–Crippen LogP) is 3.71. The third-order valence-electron chi connectivity index (χ3n) is 5.66. The largest absolute Gasteiger partial charge is 0.382 e. The van der Waals surface area contributed by atoms with Gasteiger partial charge in [0.2, 0.25) is 0 Å². The number of fused-ring (bicyclic) bond motifs is 1. The highest BCUT2D eigenvalue weighted by Crippen LogP contribution is 2.23. The zero-order valence-corrected chi connectivity index (χ0v) is 17.2. The number of halogens is 1. The van der Waals surface area contributed by atoms with Gasteiger partial charge in [-0.25, -0.2) is 9.07 Å². The van der Waals surface area contributed by atoms with Gasteiger partial charge in [-0.1, -0.05) is 6.07 Å². The normalized spacial score (nSPS) is 12.8. The Hall–Kier alpha value is -3.66. The molecule has 31 heavy (non-hydrogen) atoms. The summed E-state index contributed by atoms with van der Waals surface area (Å²) >= 11 is 0. The third kappa shape index (κ3) is 4.43. The van der Waals surface area contributed by atoms with E-state index in [1.165, 1.54) is 40.8 Å². The molecule has 1 aliphatic rings. The number of nitrogens with one attached hydrogen (secondary N) is 1. The highest BCUT2D eigenvalue weighted by Gasteiger charge is 2.17. The van der Waals surface area contributed by atoms with E-state index >= 15 is 0 Å². The lowest BCUT2D eigenvalue weighted by Gasteiger charge is -2.16. The van der Waals surface area contributed by atoms with Crippen LogP contribution < -0.4 is 11.1 Å². The maximum Gasteiger partial charge on any atom is 0.251 e. The Kier molecular flexibility index (Phi) is 5.99. The second-order valence-corrected chi connectivity index (χ2v) is 7.76. The van der Waals surface area contributed by atoms with Gasteiger partial charge < -0.3 is 11.1 Å². The quantitative estimate of drug-likeness (QED) is 0.598. The summed E-state index contributed by atoms with van der Waals surface area (Å²) in [6, 6.07) is 13.8. The first-order chi connectivity index (χ1) is 15.1. The minimum atomic E-state index is -0.357. The van der Waals surface area contributed by atoms with Crippen LogP contribution in [0.2, 0.25) is 0 Å². The zero-order valence-electron chi connectivity index (χ0n) is 17.2. The first-order valence-corrected chi connectivity index (χ1v) is 10.5. The fourth-order valence-electron chi connectivity index (χ4n) is 3.99. The number of hydrogen-bond donors (Lipinski definition) is 2. The van der Waals surface area contributed by atoms with E-state index in [2.05, 4.69) is 22.6 Å². The second kappa shape index (κ2) is 9.00. The van der Waals surface area contributed by atoms with E-state index in [1.807, 2.05) is 12.1 Å². The number of rotatable bonds is 6. The van der Waals surface area contributed by atoms with Gasteiger partial charge in [0.1, 0.15) is 23.3 Å². The highest BCUT2D eigenvalue weighted by atomic mass is 19.1. The molecule has 4 rings (SSSR count). The van der Waals surface area contributed by atoms with Crippen molar-refractivity contribution in [3.63, 3.8) is 0 Å².